The van der Waals surface area contributed by atoms with E-state index in [-0.39, 0.29) is 19.5 Å². The minimum absolute atomic E-state index is 0.0395. The van der Waals surface area contributed by atoms with Crippen molar-refractivity contribution in [3.8, 4) is 0 Å². The Kier molecular flexibility index (Phi) is 5.13. The van der Waals surface area contributed by atoms with E-state index in [9.17, 15) is 14.7 Å². The van der Waals surface area contributed by atoms with Crippen LogP contribution in [0, 0.1) is 0 Å². The summed E-state index contributed by atoms with van der Waals surface area (Å²) in [7, 11) is 0. The third-order valence-corrected chi connectivity index (χ3v) is 3.03. The molecule has 1 rings (SSSR count). The van der Waals surface area contributed by atoms with Crippen LogP contribution in [0.25, 0.3) is 0 Å². The molecule has 0 aromatic rings. The third kappa shape index (κ3) is 4.36. The summed E-state index contributed by atoms with van der Waals surface area (Å²) in [6.07, 6.45) is -0.718. The van der Waals surface area contributed by atoms with Gasteiger partial charge in [0, 0.05) is 26.1 Å². The monoisotopic (exact) mass is 274 g/mol. The summed E-state index contributed by atoms with van der Waals surface area (Å²) in [6, 6.07) is -1.46. The number of nitrogens with one attached hydrogen (secondary N) is 1. The molecule has 2 amide bonds. The minimum Gasteiger partial charge on any atom is -0.480 e. The van der Waals surface area contributed by atoms with Gasteiger partial charge in [-0.2, -0.15) is 0 Å². The van der Waals surface area contributed by atoms with E-state index in [0.29, 0.717) is 6.61 Å². The fourth-order valence-electron chi connectivity index (χ4n) is 2.10. The van der Waals surface area contributed by atoms with Gasteiger partial charge in [0.25, 0.3) is 0 Å². The summed E-state index contributed by atoms with van der Waals surface area (Å²) in [6.45, 7) is 6.38. The average Bonchev–Trinajstić information content (AvgIpc) is 2.68. The number of carboxylic acid groups (broad SMARTS) is 1. The van der Waals surface area contributed by atoms with Crippen molar-refractivity contribution >= 4 is 12.0 Å². The molecule has 1 saturated heterocycles. The van der Waals surface area contributed by atoms with E-state index < -0.39 is 29.7 Å². The van der Waals surface area contributed by atoms with E-state index in [1.54, 1.807) is 0 Å². The first-order valence-electron chi connectivity index (χ1n) is 6.36. The number of rotatable bonds is 5. The van der Waals surface area contributed by atoms with Crippen LogP contribution in [0.5, 0.6) is 0 Å². The van der Waals surface area contributed by atoms with Gasteiger partial charge < -0.3 is 25.2 Å². The Balaban J connectivity index is 2.55. The molecule has 0 aromatic carbocycles. The number of carbonyl (C=O) groups is 2. The predicted octanol–water partition coefficient (Wildman–Crippen LogP) is 0.0309. The van der Waals surface area contributed by atoms with Gasteiger partial charge in [0.1, 0.15) is 6.04 Å². The highest BCUT2D eigenvalue weighted by Gasteiger charge is 2.39. The third-order valence-electron chi connectivity index (χ3n) is 3.03. The van der Waals surface area contributed by atoms with E-state index >= 15 is 0 Å². The number of hydrogen-bond donors (Lipinski definition) is 3. The number of nitrogens with zero attached hydrogens (tertiary/aromatic N) is 1. The van der Waals surface area contributed by atoms with E-state index in [0.717, 1.165) is 4.90 Å². The number of aliphatic carboxylic acids is 1. The molecule has 110 valence electrons. The van der Waals surface area contributed by atoms with Gasteiger partial charge >= 0.3 is 12.0 Å². The zero-order valence-corrected chi connectivity index (χ0v) is 11.5. The van der Waals surface area contributed by atoms with Gasteiger partial charge in [-0.3, -0.25) is 0 Å². The lowest BCUT2D eigenvalue weighted by Gasteiger charge is -2.27. The lowest BCUT2D eigenvalue weighted by molar-refractivity contribution is -0.141. The molecular formula is C12H22N2O5. The molecule has 1 fully saturated rings. The maximum Gasteiger partial charge on any atom is 0.326 e. The zero-order chi connectivity index (χ0) is 14.6. The van der Waals surface area contributed by atoms with Crippen molar-refractivity contribution in [1.29, 1.82) is 0 Å². The fourth-order valence-corrected chi connectivity index (χ4v) is 2.10. The van der Waals surface area contributed by atoms with Gasteiger partial charge in [-0.15, -0.1) is 0 Å². The van der Waals surface area contributed by atoms with Crippen LogP contribution in [0.4, 0.5) is 4.79 Å². The molecule has 0 aliphatic carbocycles. The number of aliphatic hydroxyl groups excluding tert-OH is 1. The molecule has 0 radical (unpaired) electrons. The van der Waals surface area contributed by atoms with E-state index in [4.69, 9.17) is 9.84 Å². The molecule has 0 spiro atoms. The second-order valence-electron chi connectivity index (χ2n) is 5.25. The van der Waals surface area contributed by atoms with Gasteiger partial charge in [0.2, 0.25) is 0 Å². The number of aliphatic hydroxyl groups is 1. The Hall–Kier alpha value is -1.34. The number of hydrogen-bond acceptors (Lipinski definition) is 4. The van der Waals surface area contributed by atoms with Crippen molar-refractivity contribution in [3.63, 3.8) is 0 Å². The standard InChI is InChI=1S/C12H22N2O5/c1-4-19-12(2,3)7-13-11(18)14-6-8(15)5-9(14)10(16)17/h8-9,15H,4-7H2,1-3H3,(H,13,18)(H,16,17)/t8?,9-/m0/s1. The molecule has 1 heterocycles. The van der Waals surface area contributed by atoms with E-state index in [1.165, 1.54) is 0 Å². The first kappa shape index (κ1) is 15.7. The Morgan fingerprint density at radius 2 is 2.11 bits per heavy atom. The largest absolute Gasteiger partial charge is 0.480 e. The maximum absolute atomic E-state index is 11.9. The molecule has 19 heavy (non-hydrogen) atoms. The first-order valence-corrected chi connectivity index (χ1v) is 6.36. The number of ether oxygens (including phenoxy) is 1. The van der Waals surface area contributed by atoms with Crippen LogP contribution in [0.1, 0.15) is 27.2 Å². The van der Waals surface area contributed by atoms with E-state index in [2.05, 4.69) is 5.32 Å². The first-order chi connectivity index (χ1) is 8.76. The molecule has 2 atom stereocenters. The minimum atomic E-state index is -1.10. The quantitative estimate of drug-likeness (QED) is 0.657. The average molecular weight is 274 g/mol. The van der Waals surface area contributed by atoms with Gasteiger partial charge in [-0.05, 0) is 20.8 Å². The molecular weight excluding hydrogens is 252 g/mol. The summed E-state index contributed by atoms with van der Waals surface area (Å²) in [5, 5.41) is 21.1. The van der Waals surface area contributed by atoms with Gasteiger partial charge in [0.05, 0.1) is 11.7 Å². The molecule has 0 bridgehead atoms. The van der Waals surface area contributed by atoms with Crippen LogP contribution in [0.3, 0.4) is 0 Å². The summed E-state index contributed by atoms with van der Waals surface area (Å²) in [5.74, 6) is -1.10. The van der Waals surface area contributed by atoms with Crippen LogP contribution < -0.4 is 5.32 Å². The topological polar surface area (TPSA) is 99.1 Å². The van der Waals surface area contributed by atoms with Crippen molar-refractivity contribution in [1.82, 2.24) is 10.2 Å². The number of carboxylic acids is 1. The van der Waals surface area contributed by atoms with Crippen molar-refractivity contribution < 1.29 is 24.5 Å². The number of urea groups is 1. The normalized spacial score (nSPS) is 23.5. The summed E-state index contributed by atoms with van der Waals surface area (Å²) < 4.78 is 5.44. The summed E-state index contributed by atoms with van der Waals surface area (Å²) in [4.78, 5) is 24.1. The molecule has 3 N–H and O–H groups in total. The Morgan fingerprint density at radius 3 is 2.63 bits per heavy atom. The lowest BCUT2D eigenvalue weighted by Crippen LogP contribution is -2.50. The van der Waals surface area contributed by atoms with Crippen molar-refractivity contribution in [3.05, 3.63) is 0 Å². The predicted molar refractivity (Wildman–Crippen MR) is 67.9 cm³/mol. The molecule has 7 heteroatoms. The second kappa shape index (κ2) is 6.21. The van der Waals surface area contributed by atoms with Gasteiger partial charge in [0.15, 0.2) is 0 Å². The summed E-state index contributed by atoms with van der Waals surface area (Å²) in [5.41, 5.74) is -0.512. The molecule has 0 aromatic heterocycles. The molecule has 1 unspecified atom stereocenters. The zero-order valence-electron chi connectivity index (χ0n) is 11.5. The number of likely N-dealkylation sites (tertiary alicyclic amines) is 1. The lowest BCUT2D eigenvalue weighted by atomic mass is 10.1. The highest BCUT2D eigenvalue weighted by atomic mass is 16.5. The molecule has 0 saturated carbocycles. The van der Waals surface area contributed by atoms with Crippen LogP contribution in [-0.4, -0.2) is 64.6 Å². The van der Waals surface area contributed by atoms with Crippen LogP contribution in [0.2, 0.25) is 0 Å². The van der Waals surface area contributed by atoms with Crippen LogP contribution in [-0.2, 0) is 9.53 Å². The molecule has 7 nitrogen and oxygen atoms in total. The van der Waals surface area contributed by atoms with Crippen molar-refractivity contribution in [2.75, 3.05) is 19.7 Å². The number of β-amino-alcohol motifs (C(OH)–C–C–N with tert-alkyl or cyclic N) is 1. The van der Waals surface area contributed by atoms with Crippen molar-refractivity contribution in [2.24, 2.45) is 0 Å². The smallest absolute Gasteiger partial charge is 0.326 e. The Labute approximate surface area is 112 Å². The number of carbonyl (C=O) groups excluding carboxylic acids is 1. The molecule has 1 aliphatic heterocycles. The van der Waals surface area contributed by atoms with Crippen molar-refractivity contribution in [2.45, 2.75) is 44.9 Å². The highest BCUT2D eigenvalue weighted by molar-refractivity contribution is 5.83. The van der Waals surface area contributed by atoms with Gasteiger partial charge in [-0.25, -0.2) is 9.59 Å². The molecule has 1 aliphatic rings. The Morgan fingerprint density at radius 1 is 1.47 bits per heavy atom. The maximum atomic E-state index is 11.9. The van der Waals surface area contributed by atoms with E-state index in [1.807, 2.05) is 20.8 Å². The highest BCUT2D eigenvalue weighted by Crippen LogP contribution is 2.18. The SMILES string of the molecule is CCOC(C)(C)CNC(=O)N1CC(O)C[C@H]1C(=O)O. The summed E-state index contributed by atoms with van der Waals surface area (Å²) >= 11 is 0. The second-order valence-corrected chi connectivity index (χ2v) is 5.25. The fraction of sp³-hybridized carbons (Fsp3) is 0.833. The van der Waals surface area contributed by atoms with Crippen LogP contribution >= 0.6 is 0 Å². The van der Waals surface area contributed by atoms with Crippen LogP contribution in [0.15, 0.2) is 0 Å². The number of amides is 2. The Bertz CT molecular complexity index is 345. The van der Waals surface area contributed by atoms with Gasteiger partial charge in [-0.1, -0.05) is 0 Å².